The second-order valence-electron chi connectivity index (χ2n) is 5.61. The van der Waals surface area contributed by atoms with Crippen LogP contribution in [0.1, 0.15) is 34.7 Å². The van der Waals surface area contributed by atoms with E-state index in [4.69, 9.17) is 13.9 Å². The first-order chi connectivity index (χ1) is 11.6. The highest BCUT2D eigenvalue weighted by atomic mass is 16.5. The molecule has 1 saturated heterocycles. The first kappa shape index (κ1) is 16.1. The lowest BCUT2D eigenvalue weighted by molar-refractivity contribution is -0.117. The number of furan rings is 1. The Morgan fingerprint density at radius 2 is 2.04 bits per heavy atom. The number of carbonyl (C=O) groups is 2. The smallest absolute Gasteiger partial charge is 0.341 e. The highest BCUT2D eigenvalue weighted by Crippen LogP contribution is 2.25. The number of ether oxygens (including phenoxy) is 2. The number of benzene rings is 1. The Morgan fingerprint density at radius 1 is 1.29 bits per heavy atom. The van der Waals surface area contributed by atoms with Gasteiger partial charge in [0.1, 0.15) is 29.4 Å². The molecular formula is C18H19NO5. The molecule has 1 aromatic carbocycles. The zero-order valence-corrected chi connectivity index (χ0v) is 13.7. The third kappa shape index (κ3) is 3.27. The molecule has 1 amide bonds. The van der Waals surface area contributed by atoms with Crippen LogP contribution in [-0.2, 0) is 16.1 Å². The standard InChI is InChI=1S/C18H19NO5/c1-12-16(18(21)22-2)10-15(24-12)11-23-14-7-5-13(6-8-14)19-9-3-4-17(19)20/h5-8,10H,3-4,9,11H2,1-2H3. The van der Waals surface area contributed by atoms with Crippen LogP contribution in [-0.4, -0.2) is 25.5 Å². The SMILES string of the molecule is COC(=O)c1cc(COc2ccc(N3CCCC3=O)cc2)oc1C. The summed E-state index contributed by atoms with van der Waals surface area (Å²) in [5.74, 6) is 1.45. The molecular weight excluding hydrogens is 310 g/mol. The first-order valence-electron chi connectivity index (χ1n) is 7.79. The van der Waals surface area contributed by atoms with Crippen molar-refractivity contribution < 1.29 is 23.5 Å². The largest absolute Gasteiger partial charge is 0.486 e. The van der Waals surface area contributed by atoms with E-state index in [9.17, 15) is 9.59 Å². The normalized spacial score (nSPS) is 14.1. The van der Waals surface area contributed by atoms with Gasteiger partial charge in [-0.3, -0.25) is 4.79 Å². The van der Waals surface area contributed by atoms with Crippen molar-refractivity contribution in [3.63, 3.8) is 0 Å². The molecule has 6 nitrogen and oxygen atoms in total. The summed E-state index contributed by atoms with van der Waals surface area (Å²) >= 11 is 0. The van der Waals surface area contributed by atoms with Crippen LogP contribution in [0.2, 0.25) is 0 Å². The number of anilines is 1. The van der Waals surface area contributed by atoms with E-state index in [0.29, 0.717) is 29.3 Å². The molecule has 0 bridgehead atoms. The highest BCUT2D eigenvalue weighted by Gasteiger charge is 2.21. The van der Waals surface area contributed by atoms with E-state index in [1.165, 1.54) is 7.11 Å². The number of nitrogens with zero attached hydrogens (tertiary/aromatic N) is 1. The van der Waals surface area contributed by atoms with E-state index in [1.807, 2.05) is 24.3 Å². The molecule has 2 heterocycles. The summed E-state index contributed by atoms with van der Waals surface area (Å²) in [6.45, 7) is 2.68. The van der Waals surface area contributed by atoms with Crippen LogP contribution in [0.25, 0.3) is 0 Å². The molecule has 2 aromatic rings. The third-order valence-corrected chi connectivity index (χ3v) is 3.98. The van der Waals surface area contributed by atoms with Gasteiger partial charge in [-0.2, -0.15) is 0 Å². The van der Waals surface area contributed by atoms with E-state index in [2.05, 4.69) is 0 Å². The van der Waals surface area contributed by atoms with Crippen molar-refractivity contribution in [2.24, 2.45) is 0 Å². The van der Waals surface area contributed by atoms with Crippen molar-refractivity contribution in [1.29, 1.82) is 0 Å². The van der Waals surface area contributed by atoms with Crippen LogP contribution in [0.3, 0.4) is 0 Å². The van der Waals surface area contributed by atoms with E-state index in [0.717, 1.165) is 18.7 Å². The minimum absolute atomic E-state index is 0.157. The second kappa shape index (κ2) is 6.78. The number of esters is 1. The Bertz CT molecular complexity index is 747. The zero-order chi connectivity index (χ0) is 17.1. The van der Waals surface area contributed by atoms with Gasteiger partial charge < -0.3 is 18.8 Å². The van der Waals surface area contributed by atoms with Crippen LogP contribution < -0.4 is 9.64 Å². The number of amides is 1. The van der Waals surface area contributed by atoms with Gasteiger partial charge in [-0.1, -0.05) is 0 Å². The topological polar surface area (TPSA) is 69.0 Å². The summed E-state index contributed by atoms with van der Waals surface area (Å²) in [4.78, 5) is 25.1. The summed E-state index contributed by atoms with van der Waals surface area (Å²) in [7, 11) is 1.33. The van der Waals surface area contributed by atoms with Crippen molar-refractivity contribution >= 4 is 17.6 Å². The zero-order valence-electron chi connectivity index (χ0n) is 13.7. The maximum atomic E-state index is 11.7. The van der Waals surface area contributed by atoms with Gasteiger partial charge in [0.05, 0.1) is 7.11 Å². The molecule has 0 unspecified atom stereocenters. The molecule has 24 heavy (non-hydrogen) atoms. The molecule has 1 aliphatic heterocycles. The predicted octanol–water partition coefficient (Wildman–Crippen LogP) is 3.08. The summed E-state index contributed by atoms with van der Waals surface area (Å²) in [5.41, 5.74) is 1.28. The Balaban J connectivity index is 1.63. The van der Waals surface area contributed by atoms with E-state index < -0.39 is 5.97 Å². The molecule has 0 atom stereocenters. The summed E-state index contributed by atoms with van der Waals surface area (Å²) in [5, 5.41) is 0. The third-order valence-electron chi connectivity index (χ3n) is 3.98. The average Bonchev–Trinajstić information content (AvgIpc) is 3.18. The van der Waals surface area contributed by atoms with Gasteiger partial charge in [-0.25, -0.2) is 4.79 Å². The molecule has 0 spiro atoms. The molecule has 126 valence electrons. The van der Waals surface area contributed by atoms with Gasteiger partial charge in [0, 0.05) is 18.7 Å². The fraction of sp³-hybridized carbons (Fsp3) is 0.333. The summed E-state index contributed by atoms with van der Waals surface area (Å²) in [6.07, 6.45) is 1.51. The predicted molar refractivity (Wildman–Crippen MR) is 87.1 cm³/mol. The maximum Gasteiger partial charge on any atom is 0.341 e. The van der Waals surface area contributed by atoms with Gasteiger partial charge in [-0.15, -0.1) is 0 Å². The van der Waals surface area contributed by atoms with Crippen molar-refractivity contribution in [3.8, 4) is 5.75 Å². The molecule has 0 N–H and O–H groups in total. The van der Waals surface area contributed by atoms with Crippen LogP contribution >= 0.6 is 0 Å². The van der Waals surface area contributed by atoms with Crippen molar-refractivity contribution in [2.75, 3.05) is 18.6 Å². The van der Waals surface area contributed by atoms with Crippen molar-refractivity contribution in [3.05, 3.63) is 47.4 Å². The van der Waals surface area contributed by atoms with Gasteiger partial charge in [-0.05, 0) is 43.7 Å². The Hall–Kier alpha value is -2.76. The monoisotopic (exact) mass is 329 g/mol. The second-order valence-corrected chi connectivity index (χ2v) is 5.61. The van der Waals surface area contributed by atoms with Crippen LogP contribution in [0, 0.1) is 6.92 Å². The van der Waals surface area contributed by atoms with Gasteiger partial charge in [0.2, 0.25) is 5.91 Å². The highest BCUT2D eigenvalue weighted by molar-refractivity contribution is 5.95. The van der Waals surface area contributed by atoms with Crippen LogP contribution in [0.15, 0.2) is 34.7 Å². The van der Waals surface area contributed by atoms with Crippen LogP contribution in [0.4, 0.5) is 5.69 Å². The molecule has 1 aromatic heterocycles. The van der Waals surface area contributed by atoms with Gasteiger partial charge in [0.15, 0.2) is 0 Å². The fourth-order valence-electron chi connectivity index (χ4n) is 2.73. The maximum absolute atomic E-state index is 11.7. The Kier molecular flexibility index (Phi) is 4.55. The number of hydrogen-bond acceptors (Lipinski definition) is 5. The lowest BCUT2D eigenvalue weighted by Gasteiger charge is -2.15. The molecule has 1 fully saturated rings. The number of methoxy groups -OCH3 is 1. The average molecular weight is 329 g/mol. The molecule has 3 rings (SSSR count). The lowest BCUT2D eigenvalue weighted by atomic mass is 10.2. The molecule has 0 saturated carbocycles. The number of rotatable bonds is 5. The quantitative estimate of drug-likeness (QED) is 0.789. The minimum Gasteiger partial charge on any atom is -0.486 e. The fourth-order valence-corrected chi connectivity index (χ4v) is 2.73. The Labute approximate surface area is 140 Å². The molecule has 1 aliphatic rings. The van der Waals surface area contributed by atoms with E-state index in [1.54, 1.807) is 17.9 Å². The number of carbonyl (C=O) groups excluding carboxylic acids is 2. The Morgan fingerprint density at radius 3 is 2.67 bits per heavy atom. The summed E-state index contributed by atoms with van der Waals surface area (Å²) < 4.78 is 15.9. The minimum atomic E-state index is -0.429. The van der Waals surface area contributed by atoms with Gasteiger partial charge in [0.25, 0.3) is 0 Å². The first-order valence-corrected chi connectivity index (χ1v) is 7.79. The summed E-state index contributed by atoms with van der Waals surface area (Å²) in [6, 6.07) is 8.99. The van der Waals surface area contributed by atoms with Gasteiger partial charge >= 0.3 is 5.97 Å². The van der Waals surface area contributed by atoms with E-state index in [-0.39, 0.29) is 12.5 Å². The molecule has 6 heteroatoms. The number of aryl methyl sites for hydroxylation is 1. The van der Waals surface area contributed by atoms with Crippen molar-refractivity contribution in [1.82, 2.24) is 0 Å². The van der Waals surface area contributed by atoms with Crippen molar-refractivity contribution in [2.45, 2.75) is 26.4 Å². The lowest BCUT2D eigenvalue weighted by Crippen LogP contribution is -2.23. The number of hydrogen-bond donors (Lipinski definition) is 0. The van der Waals surface area contributed by atoms with Crippen LogP contribution in [0.5, 0.6) is 5.75 Å². The molecule has 0 radical (unpaired) electrons. The van der Waals surface area contributed by atoms with E-state index >= 15 is 0 Å². The molecule has 0 aliphatic carbocycles.